The molecule has 0 fully saturated rings. The summed E-state index contributed by atoms with van der Waals surface area (Å²) in [7, 11) is 0. The first-order chi connectivity index (χ1) is 10.7. The molecule has 1 aromatic carbocycles. The zero-order valence-electron chi connectivity index (χ0n) is 13.7. The molecule has 23 heavy (non-hydrogen) atoms. The van der Waals surface area contributed by atoms with Gasteiger partial charge in [0, 0.05) is 0 Å². The molecule has 0 saturated heterocycles. The second-order valence-corrected chi connectivity index (χ2v) is 8.31. The van der Waals surface area contributed by atoms with E-state index < -0.39 is 25.9 Å². The maximum absolute atomic E-state index is 12.0. The van der Waals surface area contributed by atoms with Gasteiger partial charge in [-0.25, -0.2) is 0 Å². The summed E-state index contributed by atoms with van der Waals surface area (Å²) in [5, 5.41) is -4.04. The summed E-state index contributed by atoms with van der Waals surface area (Å²) in [6.07, 6.45) is 1.24. The van der Waals surface area contributed by atoms with Crippen molar-refractivity contribution in [3.05, 3.63) is 35.4 Å². The van der Waals surface area contributed by atoms with E-state index in [0.29, 0.717) is 5.92 Å². The number of carbonyl (C=O) groups is 1. The van der Waals surface area contributed by atoms with Crippen molar-refractivity contribution in [1.29, 1.82) is 0 Å². The van der Waals surface area contributed by atoms with Crippen molar-refractivity contribution in [2.24, 2.45) is 5.92 Å². The van der Waals surface area contributed by atoms with Crippen LogP contribution in [0, 0.1) is 5.92 Å². The van der Waals surface area contributed by atoms with Gasteiger partial charge in [0.1, 0.15) is 0 Å². The average molecular weight is 395 g/mol. The Balaban J connectivity index is 2.38. The third kappa shape index (κ3) is 8.42. The summed E-state index contributed by atoms with van der Waals surface area (Å²) in [5.74, 6) is -0.223. The van der Waals surface area contributed by atoms with E-state index in [-0.39, 0.29) is 24.3 Å². The molecule has 0 aliphatic rings. The van der Waals surface area contributed by atoms with E-state index in [0.717, 1.165) is 12.0 Å². The van der Waals surface area contributed by atoms with Crippen LogP contribution in [0.1, 0.15) is 44.2 Å². The Morgan fingerprint density at radius 3 is 2.30 bits per heavy atom. The van der Waals surface area contributed by atoms with Crippen molar-refractivity contribution in [2.45, 2.75) is 49.9 Å². The minimum absolute atomic E-state index is 0.0437. The van der Waals surface area contributed by atoms with Crippen LogP contribution in [-0.2, 0) is 16.0 Å². The molecule has 0 radical (unpaired) electrons. The Morgan fingerprint density at radius 1 is 1.17 bits per heavy atom. The molecular weight excluding hydrogens is 372 g/mol. The molecule has 0 N–H and O–H groups in total. The van der Waals surface area contributed by atoms with Crippen LogP contribution in [0.25, 0.3) is 0 Å². The van der Waals surface area contributed by atoms with Crippen LogP contribution >= 0.6 is 0 Å². The molecule has 0 aliphatic heterocycles. The van der Waals surface area contributed by atoms with E-state index in [1.54, 1.807) is 6.92 Å². The van der Waals surface area contributed by atoms with E-state index in [1.165, 1.54) is 5.56 Å². The molecular formula is C17H23F3O2Se. The monoisotopic (exact) mass is 396 g/mol. The van der Waals surface area contributed by atoms with Crippen molar-refractivity contribution in [3.8, 4) is 0 Å². The molecule has 1 aromatic rings. The van der Waals surface area contributed by atoms with Gasteiger partial charge in [0.2, 0.25) is 0 Å². The number of alkyl halides is 3. The number of carbonyl (C=O) groups excluding carboxylic acids is 1. The van der Waals surface area contributed by atoms with Gasteiger partial charge in [-0.3, -0.25) is 0 Å². The predicted molar refractivity (Wildman–Crippen MR) is 85.6 cm³/mol. The van der Waals surface area contributed by atoms with E-state index in [2.05, 4.69) is 13.8 Å². The molecule has 0 aromatic heterocycles. The van der Waals surface area contributed by atoms with Gasteiger partial charge in [-0.05, 0) is 0 Å². The Kier molecular flexibility index (Phi) is 8.13. The van der Waals surface area contributed by atoms with Crippen LogP contribution < -0.4 is 0 Å². The van der Waals surface area contributed by atoms with Gasteiger partial charge in [0.15, 0.2) is 0 Å². The summed E-state index contributed by atoms with van der Waals surface area (Å²) >= 11 is -1.39. The van der Waals surface area contributed by atoms with Crippen molar-refractivity contribution < 1.29 is 22.7 Å². The van der Waals surface area contributed by atoms with Crippen LogP contribution in [0.4, 0.5) is 13.2 Å². The Morgan fingerprint density at radius 2 is 1.78 bits per heavy atom. The molecule has 0 bridgehead atoms. The molecule has 0 spiro atoms. The zero-order valence-corrected chi connectivity index (χ0v) is 15.4. The van der Waals surface area contributed by atoms with Crippen LogP contribution in [0.15, 0.2) is 24.3 Å². The van der Waals surface area contributed by atoms with Crippen molar-refractivity contribution >= 4 is 20.9 Å². The van der Waals surface area contributed by atoms with Crippen LogP contribution in [0.3, 0.4) is 0 Å². The van der Waals surface area contributed by atoms with E-state index in [4.69, 9.17) is 4.74 Å². The van der Waals surface area contributed by atoms with Gasteiger partial charge < -0.3 is 0 Å². The zero-order chi connectivity index (χ0) is 17.5. The number of halogens is 3. The summed E-state index contributed by atoms with van der Waals surface area (Å²) in [6, 6.07) is 7.84. The van der Waals surface area contributed by atoms with Gasteiger partial charge in [-0.1, -0.05) is 13.8 Å². The molecule has 0 heterocycles. The number of benzene rings is 1. The first kappa shape index (κ1) is 20.0. The SMILES string of the molecule is CC(C)Cc1ccc(C(C)C(=O)OCCC[Se]C(F)(F)F)cc1. The molecule has 0 amide bonds. The topological polar surface area (TPSA) is 26.3 Å². The maximum atomic E-state index is 12.0. The minimum atomic E-state index is -4.08. The van der Waals surface area contributed by atoms with Gasteiger partial charge in [0.05, 0.1) is 0 Å². The average Bonchev–Trinajstić information content (AvgIpc) is 2.45. The summed E-state index contributed by atoms with van der Waals surface area (Å²) in [6.45, 7) is 6.09. The van der Waals surface area contributed by atoms with Crippen molar-refractivity contribution in [1.82, 2.24) is 0 Å². The second-order valence-electron chi connectivity index (χ2n) is 5.88. The fraction of sp³-hybridized carbons (Fsp3) is 0.588. The van der Waals surface area contributed by atoms with Crippen LogP contribution in [-0.4, -0.2) is 32.6 Å². The first-order valence-electron chi connectivity index (χ1n) is 7.65. The Bertz CT molecular complexity index is 484. The molecule has 0 saturated carbocycles. The van der Waals surface area contributed by atoms with Gasteiger partial charge in [0.25, 0.3) is 0 Å². The van der Waals surface area contributed by atoms with Crippen molar-refractivity contribution in [2.75, 3.05) is 6.61 Å². The van der Waals surface area contributed by atoms with E-state index >= 15 is 0 Å². The normalized spacial score (nSPS) is 13.2. The fourth-order valence-electron chi connectivity index (χ4n) is 2.09. The standard InChI is InChI=1S/C17H23F3O2Se/c1-12(2)11-14-5-7-15(8-6-14)13(3)16(21)22-9-4-10-23-17(18,19)20/h5-8,12-13H,4,9-11H2,1-3H3. The van der Waals surface area contributed by atoms with Crippen LogP contribution in [0.2, 0.25) is 5.32 Å². The number of hydrogen-bond donors (Lipinski definition) is 0. The molecule has 0 aliphatic carbocycles. The number of rotatable bonds is 8. The number of ether oxygens (including phenoxy) is 1. The third-order valence-electron chi connectivity index (χ3n) is 3.28. The Hall–Kier alpha value is -1.00. The molecule has 2 nitrogen and oxygen atoms in total. The quantitative estimate of drug-likeness (QED) is 0.366. The summed E-state index contributed by atoms with van der Waals surface area (Å²) in [5.41, 5.74) is 2.08. The van der Waals surface area contributed by atoms with E-state index in [9.17, 15) is 18.0 Å². The first-order valence-corrected chi connectivity index (χ1v) is 9.72. The fourth-order valence-corrected chi connectivity index (χ4v) is 3.13. The Labute approximate surface area is 141 Å². The third-order valence-corrected chi connectivity index (χ3v) is 5.00. The van der Waals surface area contributed by atoms with Gasteiger partial charge in [-0.15, -0.1) is 0 Å². The number of esters is 1. The van der Waals surface area contributed by atoms with Crippen molar-refractivity contribution in [3.63, 3.8) is 0 Å². The molecule has 130 valence electrons. The molecule has 1 unspecified atom stereocenters. The van der Waals surface area contributed by atoms with Gasteiger partial charge in [-0.2, -0.15) is 0 Å². The molecule has 6 heteroatoms. The predicted octanol–water partition coefficient (Wildman–Crippen LogP) is 4.56. The molecule has 1 atom stereocenters. The van der Waals surface area contributed by atoms with E-state index in [1.807, 2.05) is 24.3 Å². The summed E-state index contributed by atoms with van der Waals surface area (Å²) in [4.78, 5) is 11.9. The number of hydrogen-bond acceptors (Lipinski definition) is 2. The molecule has 1 rings (SSSR count). The summed E-state index contributed by atoms with van der Waals surface area (Å²) < 4.78 is 41.1. The van der Waals surface area contributed by atoms with Crippen LogP contribution in [0.5, 0.6) is 0 Å². The second kappa shape index (κ2) is 9.33. The van der Waals surface area contributed by atoms with Gasteiger partial charge >= 0.3 is 128 Å².